The lowest BCUT2D eigenvalue weighted by atomic mass is 9.79. The van der Waals surface area contributed by atoms with Gasteiger partial charge < -0.3 is 14.8 Å². The summed E-state index contributed by atoms with van der Waals surface area (Å²) in [6.07, 6.45) is 4.02. The van der Waals surface area contributed by atoms with Crippen LogP contribution >= 0.6 is 0 Å². The Balaban J connectivity index is 2.41. The summed E-state index contributed by atoms with van der Waals surface area (Å²) in [4.78, 5) is 23.9. The van der Waals surface area contributed by atoms with E-state index < -0.39 is 5.54 Å². The van der Waals surface area contributed by atoms with Gasteiger partial charge in [-0.1, -0.05) is 13.3 Å². The number of amides is 1. The van der Waals surface area contributed by atoms with Crippen molar-refractivity contribution in [1.29, 1.82) is 0 Å². The molecule has 5 heteroatoms. The predicted octanol–water partition coefficient (Wildman–Crippen LogP) is 2.04. The fourth-order valence-electron chi connectivity index (χ4n) is 2.77. The number of carbonyl (C=O) groups excluding carboxylic acids is 2. The van der Waals surface area contributed by atoms with Gasteiger partial charge in [0.1, 0.15) is 5.54 Å². The van der Waals surface area contributed by atoms with Crippen LogP contribution in [0.25, 0.3) is 0 Å². The van der Waals surface area contributed by atoms with Crippen LogP contribution in [0.4, 0.5) is 0 Å². The predicted molar refractivity (Wildman–Crippen MR) is 76.2 cm³/mol. The average Bonchev–Trinajstić information content (AvgIpc) is 2.35. The minimum absolute atomic E-state index is 0.0775. The molecular formula is C15H27NO4. The van der Waals surface area contributed by atoms with E-state index in [0.29, 0.717) is 24.9 Å². The molecule has 1 unspecified atom stereocenters. The van der Waals surface area contributed by atoms with Crippen LogP contribution < -0.4 is 5.32 Å². The van der Waals surface area contributed by atoms with Crippen molar-refractivity contribution in [3.05, 3.63) is 0 Å². The number of hydrogen-bond donors (Lipinski definition) is 1. The van der Waals surface area contributed by atoms with E-state index >= 15 is 0 Å². The maximum atomic E-state index is 12.1. The SMILES string of the molecule is CCCC(C)(NC(=O)CC1CC(OCC)C1)C(=O)OC. The molecule has 0 aromatic carbocycles. The number of esters is 1. The molecule has 20 heavy (non-hydrogen) atoms. The number of ether oxygens (including phenoxy) is 2. The molecule has 1 aliphatic rings. The van der Waals surface area contributed by atoms with Crippen LogP contribution in [0, 0.1) is 5.92 Å². The second-order valence-electron chi connectivity index (χ2n) is 5.74. The van der Waals surface area contributed by atoms with Crippen LogP contribution in [0.1, 0.15) is 52.9 Å². The van der Waals surface area contributed by atoms with Crippen molar-refractivity contribution in [2.75, 3.05) is 13.7 Å². The van der Waals surface area contributed by atoms with Gasteiger partial charge in [0.2, 0.25) is 5.91 Å². The molecule has 0 bridgehead atoms. The van der Waals surface area contributed by atoms with Crippen molar-refractivity contribution >= 4 is 11.9 Å². The zero-order chi connectivity index (χ0) is 15.2. The van der Waals surface area contributed by atoms with Crippen LogP contribution in [0.5, 0.6) is 0 Å². The zero-order valence-electron chi connectivity index (χ0n) is 13.0. The van der Waals surface area contributed by atoms with E-state index in [-0.39, 0.29) is 11.9 Å². The third kappa shape index (κ3) is 4.47. The Hall–Kier alpha value is -1.10. The van der Waals surface area contributed by atoms with E-state index in [4.69, 9.17) is 9.47 Å². The van der Waals surface area contributed by atoms with E-state index in [1.807, 2.05) is 13.8 Å². The molecule has 0 aliphatic heterocycles. The number of methoxy groups -OCH3 is 1. The molecule has 1 aliphatic carbocycles. The van der Waals surface area contributed by atoms with Gasteiger partial charge in [-0.15, -0.1) is 0 Å². The molecule has 1 fully saturated rings. The second kappa shape index (κ2) is 7.62. The molecule has 5 nitrogen and oxygen atoms in total. The molecule has 1 rings (SSSR count). The van der Waals surface area contributed by atoms with Crippen LogP contribution in [-0.2, 0) is 19.1 Å². The Morgan fingerprint density at radius 1 is 1.30 bits per heavy atom. The van der Waals surface area contributed by atoms with Gasteiger partial charge in [0, 0.05) is 13.0 Å². The number of rotatable bonds is 8. The minimum Gasteiger partial charge on any atom is -0.467 e. The molecular weight excluding hydrogens is 258 g/mol. The van der Waals surface area contributed by atoms with Crippen molar-refractivity contribution < 1.29 is 19.1 Å². The smallest absolute Gasteiger partial charge is 0.331 e. The highest BCUT2D eigenvalue weighted by molar-refractivity contribution is 5.87. The lowest BCUT2D eigenvalue weighted by Gasteiger charge is -2.35. The summed E-state index contributed by atoms with van der Waals surface area (Å²) in [7, 11) is 1.35. The zero-order valence-corrected chi connectivity index (χ0v) is 13.0. The molecule has 0 spiro atoms. The van der Waals surface area contributed by atoms with Crippen molar-refractivity contribution in [2.24, 2.45) is 5.92 Å². The van der Waals surface area contributed by atoms with Crippen LogP contribution in [-0.4, -0.2) is 37.2 Å². The molecule has 0 saturated heterocycles. The summed E-state index contributed by atoms with van der Waals surface area (Å²) in [5, 5.41) is 2.84. The number of carbonyl (C=O) groups is 2. The third-order valence-electron chi connectivity index (χ3n) is 3.87. The summed E-state index contributed by atoms with van der Waals surface area (Å²) < 4.78 is 10.3. The monoisotopic (exact) mass is 285 g/mol. The maximum absolute atomic E-state index is 12.1. The molecule has 116 valence electrons. The lowest BCUT2D eigenvalue weighted by molar-refractivity contribution is -0.151. The Labute approximate surface area is 121 Å². The van der Waals surface area contributed by atoms with Gasteiger partial charge in [0.05, 0.1) is 13.2 Å². The third-order valence-corrected chi connectivity index (χ3v) is 3.87. The molecule has 1 saturated carbocycles. The standard InChI is InChI=1S/C15H27NO4/c1-5-7-15(3,14(18)19-4)16-13(17)10-11-8-12(9-11)20-6-2/h11-12H,5-10H2,1-4H3,(H,16,17). The summed E-state index contributed by atoms with van der Waals surface area (Å²) in [5.74, 6) is -0.0881. The van der Waals surface area contributed by atoms with Gasteiger partial charge in [0.25, 0.3) is 0 Å². The Morgan fingerprint density at radius 2 is 1.95 bits per heavy atom. The summed E-state index contributed by atoms with van der Waals surface area (Å²) >= 11 is 0. The maximum Gasteiger partial charge on any atom is 0.331 e. The lowest BCUT2D eigenvalue weighted by Crippen LogP contribution is -2.53. The van der Waals surface area contributed by atoms with Gasteiger partial charge in [-0.2, -0.15) is 0 Å². The Morgan fingerprint density at radius 3 is 2.45 bits per heavy atom. The van der Waals surface area contributed by atoms with E-state index in [2.05, 4.69) is 5.32 Å². The summed E-state index contributed by atoms with van der Waals surface area (Å²) in [6, 6.07) is 0. The van der Waals surface area contributed by atoms with Crippen molar-refractivity contribution in [2.45, 2.75) is 64.5 Å². The van der Waals surface area contributed by atoms with Crippen LogP contribution in [0.15, 0.2) is 0 Å². The Kier molecular flexibility index (Phi) is 6.46. The van der Waals surface area contributed by atoms with Crippen molar-refractivity contribution in [3.63, 3.8) is 0 Å². The first-order chi connectivity index (χ1) is 9.45. The van der Waals surface area contributed by atoms with E-state index in [0.717, 1.165) is 25.9 Å². The van der Waals surface area contributed by atoms with E-state index in [1.165, 1.54) is 7.11 Å². The Bertz CT molecular complexity index is 339. The fraction of sp³-hybridized carbons (Fsp3) is 0.867. The van der Waals surface area contributed by atoms with Crippen LogP contribution in [0.3, 0.4) is 0 Å². The largest absolute Gasteiger partial charge is 0.467 e. The van der Waals surface area contributed by atoms with Crippen LogP contribution in [0.2, 0.25) is 0 Å². The van der Waals surface area contributed by atoms with Gasteiger partial charge in [-0.05, 0) is 39.0 Å². The number of nitrogens with one attached hydrogen (secondary N) is 1. The fourth-order valence-corrected chi connectivity index (χ4v) is 2.77. The van der Waals surface area contributed by atoms with E-state index in [1.54, 1.807) is 6.92 Å². The first-order valence-electron chi connectivity index (χ1n) is 7.46. The quantitative estimate of drug-likeness (QED) is 0.693. The van der Waals surface area contributed by atoms with Crippen molar-refractivity contribution in [1.82, 2.24) is 5.32 Å². The molecule has 1 amide bonds. The first kappa shape index (κ1) is 17.0. The summed E-state index contributed by atoms with van der Waals surface area (Å²) in [6.45, 7) is 6.41. The molecule has 0 heterocycles. The molecule has 0 aromatic rings. The number of hydrogen-bond acceptors (Lipinski definition) is 4. The minimum atomic E-state index is -0.913. The molecule has 0 radical (unpaired) electrons. The highest BCUT2D eigenvalue weighted by Crippen LogP contribution is 2.32. The normalized spacial score (nSPS) is 24.4. The molecule has 1 N–H and O–H groups in total. The second-order valence-corrected chi connectivity index (χ2v) is 5.74. The van der Waals surface area contributed by atoms with Gasteiger partial charge in [0.15, 0.2) is 0 Å². The topological polar surface area (TPSA) is 64.6 Å². The highest BCUT2D eigenvalue weighted by Gasteiger charge is 2.37. The van der Waals surface area contributed by atoms with Gasteiger partial charge in [-0.25, -0.2) is 4.79 Å². The average molecular weight is 285 g/mol. The van der Waals surface area contributed by atoms with E-state index in [9.17, 15) is 9.59 Å². The first-order valence-corrected chi connectivity index (χ1v) is 7.46. The van der Waals surface area contributed by atoms with Gasteiger partial charge in [-0.3, -0.25) is 4.79 Å². The summed E-state index contributed by atoms with van der Waals surface area (Å²) in [5.41, 5.74) is -0.913. The molecule has 1 atom stereocenters. The van der Waals surface area contributed by atoms with Gasteiger partial charge >= 0.3 is 5.97 Å². The molecule has 0 aromatic heterocycles. The highest BCUT2D eigenvalue weighted by atomic mass is 16.5. The van der Waals surface area contributed by atoms with Crippen molar-refractivity contribution in [3.8, 4) is 0 Å².